The molecule has 0 aliphatic carbocycles. The molecule has 0 atom stereocenters. The predicted molar refractivity (Wildman–Crippen MR) is 91.0 cm³/mol. The van der Waals surface area contributed by atoms with E-state index in [0.29, 0.717) is 0 Å². The Bertz CT molecular complexity index is 569. The lowest BCUT2D eigenvalue weighted by Gasteiger charge is -2.34. The lowest BCUT2D eigenvalue weighted by Crippen LogP contribution is -2.50. The van der Waals surface area contributed by atoms with Crippen LogP contribution in [-0.4, -0.2) is 61.4 Å². The van der Waals surface area contributed by atoms with E-state index in [4.69, 9.17) is 0 Å². The van der Waals surface area contributed by atoms with Gasteiger partial charge in [-0.25, -0.2) is 0 Å². The van der Waals surface area contributed by atoms with E-state index in [-0.39, 0.29) is 18.4 Å². The molecule has 1 aromatic rings. The molecule has 6 heteroatoms. The van der Waals surface area contributed by atoms with Gasteiger partial charge in [-0.2, -0.15) is 0 Å². The van der Waals surface area contributed by atoms with Crippen LogP contribution in [0, 0.1) is 6.92 Å². The highest BCUT2D eigenvalue weighted by Crippen LogP contribution is 2.27. The number of amides is 2. The number of carbonyl (C=O) groups excluding carboxylic acids is 2. The number of piperazine rings is 1. The Labute approximate surface area is 140 Å². The Morgan fingerprint density at radius 2 is 1.86 bits per heavy atom. The van der Waals surface area contributed by atoms with Gasteiger partial charge < -0.3 is 14.7 Å². The molecule has 1 aliphatic heterocycles. The number of hydrogen-bond donors (Lipinski definition) is 0. The third-order valence-corrected chi connectivity index (χ3v) is 4.56. The Morgan fingerprint density at radius 3 is 2.41 bits per heavy atom. The molecular weight excluding hydrogens is 346 g/mol. The summed E-state index contributed by atoms with van der Waals surface area (Å²) in [6, 6.07) is 5.76. The fourth-order valence-electron chi connectivity index (χ4n) is 2.49. The van der Waals surface area contributed by atoms with Crippen LogP contribution in [0.4, 0.5) is 5.69 Å². The van der Waals surface area contributed by atoms with Gasteiger partial charge in [0.2, 0.25) is 11.8 Å². The smallest absolute Gasteiger partial charge is 0.242 e. The number of rotatable bonds is 3. The number of benzene rings is 1. The van der Waals surface area contributed by atoms with Crippen LogP contribution in [0.15, 0.2) is 22.7 Å². The van der Waals surface area contributed by atoms with Crippen LogP contribution in [0.5, 0.6) is 0 Å². The van der Waals surface area contributed by atoms with Crippen LogP contribution >= 0.6 is 15.9 Å². The van der Waals surface area contributed by atoms with Crippen molar-refractivity contribution in [2.24, 2.45) is 0 Å². The average molecular weight is 368 g/mol. The lowest BCUT2D eigenvalue weighted by molar-refractivity contribution is -0.132. The summed E-state index contributed by atoms with van der Waals surface area (Å²) in [6.45, 7) is 6.75. The summed E-state index contributed by atoms with van der Waals surface area (Å²) in [7, 11) is 2.05. The van der Waals surface area contributed by atoms with Crippen LogP contribution in [0.1, 0.15) is 12.5 Å². The van der Waals surface area contributed by atoms with Gasteiger partial charge in [-0.05, 0) is 47.6 Å². The van der Waals surface area contributed by atoms with E-state index in [9.17, 15) is 9.59 Å². The number of aryl methyl sites for hydroxylation is 1. The van der Waals surface area contributed by atoms with Crippen LogP contribution in [0.2, 0.25) is 0 Å². The molecule has 1 aliphatic rings. The number of carbonyl (C=O) groups is 2. The highest BCUT2D eigenvalue weighted by molar-refractivity contribution is 9.10. The molecule has 0 aromatic heterocycles. The van der Waals surface area contributed by atoms with E-state index in [1.807, 2.05) is 37.1 Å². The Kier molecular flexibility index (Phi) is 5.58. The summed E-state index contributed by atoms with van der Waals surface area (Å²) >= 11 is 3.48. The summed E-state index contributed by atoms with van der Waals surface area (Å²) in [5.74, 6) is -0.136. The zero-order valence-corrected chi connectivity index (χ0v) is 14.9. The minimum absolute atomic E-state index is 0.00391. The Hall–Kier alpha value is -1.40. The van der Waals surface area contributed by atoms with Crippen LogP contribution in [0.25, 0.3) is 0 Å². The first kappa shape index (κ1) is 17.0. The zero-order valence-electron chi connectivity index (χ0n) is 13.3. The van der Waals surface area contributed by atoms with Gasteiger partial charge >= 0.3 is 0 Å². The van der Waals surface area contributed by atoms with Gasteiger partial charge in [-0.3, -0.25) is 9.59 Å². The molecule has 2 amide bonds. The van der Waals surface area contributed by atoms with Crippen molar-refractivity contribution in [3.8, 4) is 0 Å². The molecule has 0 unspecified atom stereocenters. The second-order valence-corrected chi connectivity index (χ2v) is 6.60. The zero-order chi connectivity index (χ0) is 16.3. The quantitative estimate of drug-likeness (QED) is 0.819. The van der Waals surface area contributed by atoms with Crippen molar-refractivity contribution < 1.29 is 9.59 Å². The molecule has 1 saturated heterocycles. The largest absolute Gasteiger partial charge is 0.339 e. The van der Waals surface area contributed by atoms with Crippen LogP contribution in [-0.2, 0) is 9.59 Å². The van der Waals surface area contributed by atoms with Gasteiger partial charge in [0.05, 0.1) is 5.69 Å². The Morgan fingerprint density at radius 1 is 1.23 bits per heavy atom. The molecule has 5 nitrogen and oxygen atoms in total. The van der Waals surface area contributed by atoms with Crippen molar-refractivity contribution in [3.05, 3.63) is 28.2 Å². The highest BCUT2D eigenvalue weighted by atomic mass is 79.9. The van der Waals surface area contributed by atoms with Crippen molar-refractivity contribution in [1.29, 1.82) is 0 Å². The van der Waals surface area contributed by atoms with Crippen molar-refractivity contribution in [2.75, 3.05) is 44.7 Å². The Balaban J connectivity index is 2.12. The summed E-state index contributed by atoms with van der Waals surface area (Å²) in [5, 5.41) is 0. The molecule has 0 radical (unpaired) electrons. The SMILES string of the molecule is CC(=O)N(CC(=O)N1CCN(C)CC1)c1ccc(C)cc1Br. The van der Waals surface area contributed by atoms with Gasteiger partial charge in [0.15, 0.2) is 0 Å². The van der Waals surface area contributed by atoms with Gasteiger partial charge in [0.1, 0.15) is 6.54 Å². The number of halogens is 1. The molecule has 120 valence electrons. The second kappa shape index (κ2) is 7.24. The number of anilines is 1. The van der Waals surface area contributed by atoms with Crippen molar-refractivity contribution in [1.82, 2.24) is 9.80 Å². The topological polar surface area (TPSA) is 43.9 Å². The minimum Gasteiger partial charge on any atom is -0.339 e. The van der Waals surface area contributed by atoms with Gasteiger partial charge in [-0.1, -0.05) is 6.07 Å². The predicted octanol–water partition coefficient (Wildman–Crippen LogP) is 1.88. The number of likely N-dealkylation sites (N-methyl/N-ethyl adjacent to an activating group) is 1. The minimum atomic E-state index is -0.132. The van der Waals surface area contributed by atoms with Crippen LogP contribution in [0.3, 0.4) is 0 Å². The monoisotopic (exact) mass is 367 g/mol. The summed E-state index contributed by atoms with van der Waals surface area (Å²) < 4.78 is 0.828. The molecule has 1 fully saturated rings. The number of hydrogen-bond acceptors (Lipinski definition) is 3. The maximum atomic E-state index is 12.5. The van der Waals surface area contributed by atoms with Crippen molar-refractivity contribution >= 4 is 33.4 Å². The molecule has 0 N–H and O–H groups in total. The third-order valence-electron chi connectivity index (χ3n) is 3.92. The summed E-state index contributed by atoms with van der Waals surface area (Å²) in [5.41, 5.74) is 1.84. The first-order valence-corrected chi connectivity index (χ1v) is 8.18. The van der Waals surface area contributed by atoms with Crippen molar-refractivity contribution in [2.45, 2.75) is 13.8 Å². The van der Waals surface area contributed by atoms with Gasteiger partial charge in [0.25, 0.3) is 0 Å². The van der Waals surface area contributed by atoms with E-state index in [1.165, 1.54) is 11.8 Å². The maximum Gasteiger partial charge on any atom is 0.242 e. The fraction of sp³-hybridized carbons (Fsp3) is 0.500. The lowest BCUT2D eigenvalue weighted by atomic mass is 10.2. The molecule has 1 heterocycles. The molecule has 0 bridgehead atoms. The van der Waals surface area contributed by atoms with E-state index >= 15 is 0 Å². The fourth-order valence-corrected chi connectivity index (χ4v) is 3.20. The first-order chi connectivity index (χ1) is 10.4. The maximum absolute atomic E-state index is 12.5. The van der Waals surface area contributed by atoms with E-state index in [0.717, 1.165) is 41.9 Å². The third kappa shape index (κ3) is 4.08. The molecule has 0 spiro atoms. The second-order valence-electron chi connectivity index (χ2n) is 5.74. The van der Waals surface area contributed by atoms with E-state index in [1.54, 1.807) is 0 Å². The van der Waals surface area contributed by atoms with Crippen molar-refractivity contribution in [3.63, 3.8) is 0 Å². The summed E-state index contributed by atoms with van der Waals surface area (Å²) in [4.78, 5) is 30.0. The highest BCUT2D eigenvalue weighted by Gasteiger charge is 2.24. The summed E-state index contributed by atoms with van der Waals surface area (Å²) in [6.07, 6.45) is 0. The molecule has 2 rings (SSSR count). The van der Waals surface area contributed by atoms with Crippen LogP contribution < -0.4 is 4.90 Å². The molecule has 1 aromatic carbocycles. The van der Waals surface area contributed by atoms with Gasteiger partial charge in [0, 0.05) is 37.6 Å². The molecule has 0 saturated carbocycles. The first-order valence-electron chi connectivity index (χ1n) is 7.39. The normalized spacial score (nSPS) is 15.7. The van der Waals surface area contributed by atoms with E-state index in [2.05, 4.69) is 20.8 Å². The standard InChI is InChI=1S/C16H22BrN3O2/c1-12-4-5-15(14(17)10-12)20(13(2)21)11-16(22)19-8-6-18(3)7-9-19/h4-5,10H,6-9,11H2,1-3H3. The molecule has 22 heavy (non-hydrogen) atoms. The van der Waals surface area contributed by atoms with Gasteiger partial charge in [-0.15, -0.1) is 0 Å². The molecular formula is C16H22BrN3O2. The average Bonchev–Trinajstić information content (AvgIpc) is 2.45. The van der Waals surface area contributed by atoms with E-state index < -0.39 is 0 Å². The number of nitrogens with zero attached hydrogens (tertiary/aromatic N) is 3.